The molecule has 1 fully saturated rings. The van der Waals surface area contributed by atoms with Gasteiger partial charge in [-0.2, -0.15) is 0 Å². The first-order valence-corrected chi connectivity index (χ1v) is 14.0. The van der Waals surface area contributed by atoms with Crippen molar-refractivity contribution >= 4 is 45.9 Å². The predicted octanol–water partition coefficient (Wildman–Crippen LogP) is 5.39. The van der Waals surface area contributed by atoms with Crippen LogP contribution in [-0.4, -0.2) is 54.0 Å². The number of anilines is 1. The number of methoxy groups -OCH3 is 1. The second-order valence-corrected chi connectivity index (χ2v) is 10.3. The van der Waals surface area contributed by atoms with E-state index in [4.69, 9.17) is 14.2 Å². The summed E-state index contributed by atoms with van der Waals surface area (Å²) in [6, 6.07) is 11.6. The summed E-state index contributed by atoms with van der Waals surface area (Å²) in [4.78, 5) is 57.3. The number of aromatic nitrogens is 1. The number of ketones is 1. The number of nitrogens with zero attached hydrogens (tertiary/aromatic N) is 2. The van der Waals surface area contributed by atoms with E-state index in [9.17, 15) is 24.3 Å². The fraction of sp³-hybridized carbons (Fsp3) is 0.258. The van der Waals surface area contributed by atoms with Crippen LogP contribution in [-0.2, 0) is 19.1 Å². The van der Waals surface area contributed by atoms with E-state index < -0.39 is 35.4 Å². The molecule has 1 aromatic heterocycles. The normalized spacial score (nSPS) is 15.9. The molecule has 0 unspecified atom stereocenters. The molecule has 0 spiro atoms. The second kappa shape index (κ2) is 13.3. The average Bonchev–Trinajstić information content (AvgIpc) is 3.51. The van der Waals surface area contributed by atoms with Gasteiger partial charge in [-0.1, -0.05) is 49.5 Å². The summed E-state index contributed by atoms with van der Waals surface area (Å²) in [5.41, 5.74) is 1.12. The molecule has 4 rings (SSSR count). The van der Waals surface area contributed by atoms with Crippen molar-refractivity contribution in [3.8, 4) is 5.75 Å². The number of rotatable bonds is 11. The van der Waals surface area contributed by atoms with Crippen molar-refractivity contribution in [3.63, 3.8) is 0 Å². The highest BCUT2D eigenvalue weighted by atomic mass is 32.1. The highest BCUT2D eigenvalue weighted by Crippen LogP contribution is 2.44. The molecule has 1 atom stereocenters. The highest BCUT2D eigenvalue weighted by Gasteiger charge is 2.48. The number of aliphatic hydroxyl groups is 1. The maximum Gasteiger partial charge on any atom is 0.350 e. The Labute approximate surface area is 246 Å². The summed E-state index contributed by atoms with van der Waals surface area (Å²) < 4.78 is 15.6. The molecule has 1 amide bonds. The molecule has 3 aromatic rings. The lowest BCUT2D eigenvalue weighted by Crippen LogP contribution is -2.29. The number of amides is 1. The van der Waals surface area contributed by atoms with Crippen LogP contribution in [0.15, 0.2) is 66.8 Å². The minimum atomic E-state index is -1.11. The first-order chi connectivity index (χ1) is 20.2. The van der Waals surface area contributed by atoms with Gasteiger partial charge in [0.15, 0.2) is 5.13 Å². The molecular formula is C31H30N2O8S. The van der Waals surface area contributed by atoms with Crippen LogP contribution >= 0.6 is 11.3 Å². The lowest BCUT2D eigenvalue weighted by atomic mass is 9.94. The van der Waals surface area contributed by atoms with Gasteiger partial charge in [0, 0.05) is 5.56 Å². The van der Waals surface area contributed by atoms with Gasteiger partial charge >= 0.3 is 17.8 Å². The SMILES string of the molecule is C=CCOC(=O)c1sc(N2C(=O)C(=O)C(=C(O)c3ccc(OCCCC)cc3)[C@H]2c2ccc(C(=O)OC)cc2)nc1C. The second-order valence-electron chi connectivity index (χ2n) is 9.31. The van der Waals surface area contributed by atoms with Crippen LogP contribution in [0.4, 0.5) is 5.13 Å². The topological polar surface area (TPSA) is 132 Å². The summed E-state index contributed by atoms with van der Waals surface area (Å²) >= 11 is 0.890. The van der Waals surface area contributed by atoms with Crippen molar-refractivity contribution in [2.75, 3.05) is 25.2 Å². The Hall–Kier alpha value is -4.77. The summed E-state index contributed by atoms with van der Waals surface area (Å²) in [6.45, 7) is 7.71. The minimum Gasteiger partial charge on any atom is -0.507 e. The van der Waals surface area contributed by atoms with E-state index in [1.54, 1.807) is 43.3 Å². The smallest absolute Gasteiger partial charge is 0.350 e. The first kappa shape index (κ1) is 30.2. The summed E-state index contributed by atoms with van der Waals surface area (Å²) in [5, 5.41) is 11.5. The number of benzene rings is 2. The number of carbonyl (C=O) groups excluding carboxylic acids is 4. The molecule has 2 aromatic carbocycles. The number of thiazole rings is 1. The predicted molar refractivity (Wildman–Crippen MR) is 157 cm³/mol. The van der Waals surface area contributed by atoms with E-state index in [1.807, 2.05) is 0 Å². The third kappa shape index (κ3) is 6.10. The van der Waals surface area contributed by atoms with Crippen molar-refractivity contribution in [1.82, 2.24) is 4.98 Å². The Morgan fingerprint density at radius 3 is 2.36 bits per heavy atom. The molecule has 1 aliphatic heterocycles. The van der Waals surface area contributed by atoms with Crippen LogP contribution in [0.5, 0.6) is 5.75 Å². The van der Waals surface area contributed by atoms with Crippen molar-refractivity contribution in [2.24, 2.45) is 0 Å². The van der Waals surface area contributed by atoms with Crippen molar-refractivity contribution in [3.05, 3.63) is 94.0 Å². The third-order valence-electron chi connectivity index (χ3n) is 6.50. The number of hydrogen-bond donors (Lipinski definition) is 1. The van der Waals surface area contributed by atoms with E-state index >= 15 is 0 Å². The molecule has 0 saturated carbocycles. The van der Waals surface area contributed by atoms with Gasteiger partial charge < -0.3 is 19.3 Å². The molecule has 10 nitrogen and oxygen atoms in total. The zero-order valence-corrected chi connectivity index (χ0v) is 24.2. The number of ether oxygens (including phenoxy) is 3. The van der Waals surface area contributed by atoms with Gasteiger partial charge in [0.05, 0.1) is 36.6 Å². The summed E-state index contributed by atoms with van der Waals surface area (Å²) in [6.07, 6.45) is 3.30. The molecule has 1 saturated heterocycles. The molecular weight excluding hydrogens is 560 g/mol. The van der Waals surface area contributed by atoms with Crippen LogP contribution < -0.4 is 9.64 Å². The average molecular weight is 591 g/mol. The molecule has 2 heterocycles. The number of carbonyl (C=O) groups is 4. The highest BCUT2D eigenvalue weighted by molar-refractivity contribution is 7.17. The molecule has 0 bridgehead atoms. The fourth-order valence-electron chi connectivity index (χ4n) is 4.34. The van der Waals surface area contributed by atoms with Gasteiger partial charge in [0.2, 0.25) is 0 Å². The largest absolute Gasteiger partial charge is 0.507 e. The van der Waals surface area contributed by atoms with Crippen LogP contribution in [0.3, 0.4) is 0 Å². The van der Waals surface area contributed by atoms with Crippen molar-refractivity contribution < 1.29 is 38.5 Å². The number of hydrogen-bond acceptors (Lipinski definition) is 10. The first-order valence-electron chi connectivity index (χ1n) is 13.2. The van der Waals surface area contributed by atoms with Gasteiger partial charge in [-0.3, -0.25) is 14.5 Å². The number of unbranched alkanes of at least 4 members (excludes halogenated alkanes) is 1. The quantitative estimate of drug-likeness (QED) is 0.0780. The van der Waals surface area contributed by atoms with Crippen LogP contribution in [0, 0.1) is 6.92 Å². The number of aryl methyl sites for hydroxylation is 1. The van der Waals surface area contributed by atoms with E-state index in [0.717, 1.165) is 29.1 Å². The Kier molecular flexibility index (Phi) is 9.53. The summed E-state index contributed by atoms with van der Waals surface area (Å²) in [5.74, 6) is -2.86. The lowest BCUT2D eigenvalue weighted by molar-refractivity contribution is -0.132. The fourth-order valence-corrected chi connectivity index (χ4v) is 5.33. The monoisotopic (exact) mass is 590 g/mol. The third-order valence-corrected chi connectivity index (χ3v) is 7.63. The number of aliphatic hydroxyl groups excluding tert-OH is 1. The maximum absolute atomic E-state index is 13.5. The van der Waals surface area contributed by atoms with E-state index in [2.05, 4.69) is 18.5 Å². The Morgan fingerprint density at radius 1 is 1.07 bits per heavy atom. The van der Waals surface area contributed by atoms with Gasteiger partial charge in [-0.05, 0) is 55.3 Å². The van der Waals surface area contributed by atoms with E-state index in [1.165, 1.54) is 25.3 Å². The van der Waals surface area contributed by atoms with E-state index in [0.29, 0.717) is 29.2 Å². The zero-order chi connectivity index (χ0) is 30.4. The van der Waals surface area contributed by atoms with Gasteiger partial charge in [-0.15, -0.1) is 0 Å². The number of esters is 2. The van der Waals surface area contributed by atoms with E-state index in [-0.39, 0.29) is 27.8 Å². The molecule has 42 heavy (non-hydrogen) atoms. The summed E-state index contributed by atoms with van der Waals surface area (Å²) in [7, 11) is 1.26. The standard InChI is InChI=1S/C31H30N2O8S/c1-5-7-17-40-22-14-12-20(13-15-22)25(34)23-24(19-8-10-21(11-9-19)29(37)39-4)33(28(36)26(23)35)31-32-18(3)27(42-31)30(38)41-16-6-2/h6,8-15,24,34H,2,5,7,16-17H2,1,3-4H3/t24-/m1/s1. The molecule has 11 heteroatoms. The Bertz CT molecular complexity index is 1540. The van der Waals surface area contributed by atoms with Crippen LogP contribution in [0.1, 0.15) is 62.7 Å². The molecule has 1 N–H and O–H groups in total. The van der Waals surface area contributed by atoms with Gasteiger partial charge in [0.25, 0.3) is 5.78 Å². The van der Waals surface area contributed by atoms with Gasteiger partial charge in [-0.25, -0.2) is 14.6 Å². The van der Waals surface area contributed by atoms with Gasteiger partial charge in [0.1, 0.15) is 23.0 Å². The molecule has 0 radical (unpaired) electrons. The van der Waals surface area contributed by atoms with Crippen molar-refractivity contribution in [1.29, 1.82) is 0 Å². The maximum atomic E-state index is 13.5. The minimum absolute atomic E-state index is 0.00893. The number of Topliss-reactive ketones (excluding diaryl/α,β-unsaturated/α-hetero) is 1. The molecule has 218 valence electrons. The van der Waals surface area contributed by atoms with Crippen LogP contribution in [0.2, 0.25) is 0 Å². The van der Waals surface area contributed by atoms with Crippen LogP contribution in [0.25, 0.3) is 5.76 Å². The Morgan fingerprint density at radius 2 is 1.74 bits per heavy atom. The Balaban J connectivity index is 1.81. The zero-order valence-electron chi connectivity index (χ0n) is 23.4. The molecule has 0 aliphatic carbocycles. The molecule has 1 aliphatic rings. The lowest BCUT2D eigenvalue weighted by Gasteiger charge is -2.23. The van der Waals surface area contributed by atoms with Crippen molar-refractivity contribution in [2.45, 2.75) is 32.7 Å².